The summed E-state index contributed by atoms with van der Waals surface area (Å²) in [6.07, 6.45) is 0. The summed E-state index contributed by atoms with van der Waals surface area (Å²) in [6.45, 7) is 4.33. The SMILES string of the molecule is Cc1ccc(C[N+](C)(C)CCOc2c(Br)cc(Br)cc2Br)o1.[Br-]. The van der Waals surface area contributed by atoms with E-state index in [-0.39, 0.29) is 17.0 Å². The Kier molecular flexibility index (Phi) is 8.34. The fourth-order valence-corrected chi connectivity index (χ4v) is 4.62. The van der Waals surface area contributed by atoms with Crippen molar-refractivity contribution in [1.82, 2.24) is 0 Å². The molecule has 0 radical (unpaired) electrons. The Bertz CT molecular complexity index is 632. The molecule has 0 spiro atoms. The number of hydrogen-bond acceptors (Lipinski definition) is 2. The minimum atomic E-state index is 0. The van der Waals surface area contributed by atoms with Gasteiger partial charge in [0, 0.05) is 4.47 Å². The molecule has 0 saturated heterocycles. The van der Waals surface area contributed by atoms with E-state index < -0.39 is 0 Å². The summed E-state index contributed by atoms with van der Waals surface area (Å²) in [6, 6.07) is 8.00. The van der Waals surface area contributed by atoms with E-state index in [4.69, 9.17) is 9.15 Å². The molecule has 2 aromatic rings. The number of likely N-dealkylation sites (N-methyl/N-ethyl adjacent to an activating group) is 1. The minimum absolute atomic E-state index is 0. The van der Waals surface area contributed by atoms with Crippen LogP contribution in [0.2, 0.25) is 0 Å². The summed E-state index contributed by atoms with van der Waals surface area (Å²) < 4.78 is 15.3. The normalized spacial score (nSPS) is 11.2. The highest BCUT2D eigenvalue weighted by Gasteiger charge is 2.19. The van der Waals surface area contributed by atoms with Gasteiger partial charge in [0.1, 0.15) is 31.2 Å². The maximum Gasteiger partial charge on any atom is 0.158 e. The molecule has 1 heterocycles. The quantitative estimate of drug-likeness (QED) is 0.494. The van der Waals surface area contributed by atoms with Crippen LogP contribution in [0.1, 0.15) is 11.5 Å². The Morgan fingerprint density at radius 2 is 1.70 bits per heavy atom. The number of nitrogens with zero attached hydrogens (tertiary/aromatic N) is 1. The molecule has 1 aromatic heterocycles. The lowest BCUT2D eigenvalue weighted by atomic mass is 10.3. The molecule has 7 heteroatoms. The molecule has 2 rings (SSSR count). The van der Waals surface area contributed by atoms with Crippen LogP contribution >= 0.6 is 47.8 Å². The molecule has 0 saturated carbocycles. The van der Waals surface area contributed by atoms with E-state index in [1.165, 1.54) is 0 Å². The number of benzene rings is 1. The van der Waals surface area contributed by atoms with Crippen LogP contribution in [0.25, 0.3) is 0 Å². The van der Waals surface area contributed by atoms with Crippen molar-refractivity contribution < 1.29 is 30.6 Å². The lowest BCUT2D eigenvalue weighted by Crippen LogP contribution is -3.00. The van der Waals surface area contributed by atoms with Gasteiger partial charge in [-0.05, 0) is 63.0 Å². The fraction of sp³-hybridized carbons (Fsp3) is 0.375. The van der Waals surface area contributed by atoms with Crippen molar-refractivity contribution >= 4 is 47.8 Å². The Balaban J connectivity index is 0.00000264. The average Bonchev–Trinajstić information content (AvgIpc) is 2.77. The van der Waals surface area contributed by atoms with E-state index in [1.807, 2.05) is 31.2 Å². The van der Waals surface area contributed by atoms with Crippen molar-refractivity contribution in [2.45, 2.75) is 13.5 Å². The zero-order valence-corrected chi connectivity index (χ0v) is 19.6. The molecule has 0 aliphatic carbocycles. The summed E-state index contributed by atoms with van der Waals surface area (Å²) in [4.78, 5) is 0. The van der Waals surface area contributed by atoms with Crippen molar-refractivity contribution in [3.63, 3.8) is 0 Å². The van der Waals surface area contributed by atoms with Gasteiger partial charge in [0.15, 0.2) is 5.76 Å². The molecular formula is C16H19Br4NO2. The van der Waals surface area contributed by atoms with Gasteiger partial charge in [-0.2, -0.15) is 0 Å². The maximum absolute atomic E-state index is 5.94. The zero-order chi connectivity index (χ0) is 16.3. The number of rotatable bonds is 6. The number of ether oxygens (including phenoxy) is 1. The van der Waals surface area contributed by atoms with Crippen molar-refractivity contribution in [2.24, 2.45) is 0 Å². The highest BCUT2D eigenvalue weighted by Crippen LogP contribution is 2.36. The van der Waals surface area contributed by atoms with Crippen molar-refractivity contribution in [3.05, 3.63) is 49.2 Å². The third-order valence-corrected chi connectivity index (χ3v) is 4.92. The van der Waals surface area contributed by atoms with Crippen LogP contribution < -0.4 is 21.7 Å². The molecule has 0 N–H and O–H groups in total. The lowest BCUT2D eigenvalue weighted by molar-refractivity contribution is -0.904. The molecule has 0 atom stereocenters. The van der Waals surface area contributed by atoms with E-state index in [2.05, 4.69) is 61.9 Å². The number of hydrogen-bond donors (Lipinski definition) is 0. The summed E-state index contributed by atoms with van der Waals surface area (Å²) >= 11 is 10.5. The number of furan rings is 1. The largest absolute Gasteiger partial charge is 1.00 e. The molecule has 0 aliphatic rings. The second-order valence-electron chi connectivity index (χ2n) is 5.88. The van der Waals surface area contributed by atoms with Crippen LogP contribution in [0, 0.1) is 6.92 Å². The van der Waals surface area contributed by atoms with E-state index in [0.717, 1.165) is 48.3 Å². The first kappa shape index (κ1) is 21.2. The first-order chi connectivity index (χ1) is 10.3. The molecule has 23 heavy (non-hydrogen) atoms. The van der Waals surface area contributed by atoms with E-state index in [9.17, 15) is 0 Å². The highest BCUT2D eigenvalue weighted by molar-refractivity contribution is 9.11. The maximum atomic E-state index is 5.94. The molecule has 0 unspecified atom stereocenters. The number of halogens is 4. The monoisotopic (exact) mass is 573 g/mol. The molecule has 3 nitrogen and oxygen atoms in total. The Morgan fingerprint density at radius 3 is 2.22 bits per heavy atom. The lowest BCUT2D eigenvalue weighted by Gasteiger charge is -2.28. The molecule has 1 aromatic carbocycles. The van der Waals surface area contributed by atoms with Gasteiger partial charge in [-0.15, -0.1) is 0 Å². The predicted molar refractivity (Wildman–Crippen MR) is 99.2 cm³/mol. The van der Waals surface area contributed by atoms with E-state index in [1.54, 1.807) is 0 Å². The smallest absolute Gasteiger partial charge is 0.158 e. The summed E-state index contributed by atoms with van der Waals surface area (Å²) in [5, 5.41) is 0. The van der Waals surface area contributed by atoms with E-state index >= 15 is 0 Å². The highest BCUT2D eigenvalue weighted by atomic mass is 79.9. The van der Waals surface area contributed by atoms with Crippen LogP contribution in [-0.2, 0) is 6.54 Å². The van der Waals surface area contributed by atoms with Gasteiger partial charge in [0.2, 0.25) is 0 Å². The molecule has 0 aliphatic heterocycles. The van der Waals surface area contributed by atoms with Crippen LogP contribution in [0.5, 0.6) is 5.75 Å². The summed E-state index contributed by atoms with van der Waals surface area (Å²) in [7, 11) is 4.35. The van der Waals surface area contributed by atoms with Gasteiger partial charge in [-0.3, -0.25) is 0 Å². The first-order valence-corrected chi connectivity index (χ1v) is 9.29. The zero-order valence-electron chi connectivity index (χ0n) is 13.2. The van der Waals surface area contributed by atoms with Gasteiger partial charge in [-0.25, -0.2) is 0 Å². The van der Waals surface area contributed by atoms with Crippen LogP contribution in [0.4, 0.5) is 0 Å². The van der Waals surface area contributed by atoms with Gasteiger partial charge in [0.25, 0.3) is 0 Å². The van der Waals surface area contributed by atoms with Gasteiger partial charge >= 0.3 is 0 Å². The van der Waals surface area contributed by atoms with Gasteiger partial charge < -0.3 is 30.6 Å². The van der Waals surface area contributed by atoms with Gasteiger partial charge in [-0.1, -0.05) is 15.9 Å². The summed E-state index contributed by atoms with van der Waals surface area (Å²) in [5.74, 6) is 2.79. The molecule has 128 valence electrons. The fourth-order valence-electron chi connectivity index (χ4n) is 2.13. The standard InChI is InChI=1S/C16H19Br3NO2.BrH/c1-11-4-5-13(22-11)10-20(2,3)6-7-21-16-14(18)8-12(17)9-15(16)19;/h4-5,8-9H,6-7,10H2,1-3H3;1H/q+1;/p-1. The number of quaternary nitrogens is 1. The molecule has 0 bridgehead atoms. The second-order valence-corrected chi connectivity index (χ2v) is 8.50. The van der Waals surface area contributed by atoms with Crippen LogP contribution in [0.15, 0.2) is 42.1 Å². The third-order valence-electron chi connectivity index (χ3n) is 3.29. The second kappa shape index (κ2) is 9.04. The predicted octanol–water partition coefficient (Wildman–Crippen LogP) is 2.53. The van der Waals surface area contributed by atoms with Crippen molar-refractivity contribution in [3.8, 4) is 5.75 Å². The summed E-state index contributed by atoms with van der Waals surface area (Å²) in [5.41, 5.74) is 0. The molecule has 0 amide bonds. The van der Waals surface area contributed by atoms with Crippen molar-refractivity contribution in [1.29, 1.82) is 0 Å². The average molecular weight is 577 g/mol. The minimum Gasteiger partial charge on any atom is -1.00 e. The Morgan fingerprint density at radius 1 is 1.09 bits per heavy atom. The molecular weight excluding hydrogens is 558 g/mol. The molecule has 0 fully saturated rings. The van der Waals surface area contributed by atoms with Gasteiger partial charge in [0.05, 0.1) is 23.0 Å². The number of aryl methyl sites for hydroxylation is 1. The third kappa shape index (κ3) is 6.53. The Labute approximate surface area is 173 Å². The Hall–Kier alpha value is 0.180. The van der Waals surface area contributed by atoms with Crippen molar-refractivity contribution in [2.75, 3.05) is 27.2 Å². The van der Waals surface area contributed by atoms with E-state index in [0.29, 0.717) is 6.61 Å². The van der Waals surface area contributed by atoms with Crippen LogP contribution in [-0.4, -0.2) is 31.7 Å². The first-order valence-electron chi connectivity index (χ1n) is 6.91. The van der Waals surface area contributed by atoms with Crippen LogP contribution in [0.3, 0.4) is 0 Å². The topological polar surface area (TPSA) is 22.4 Å².